The van der Waals surface area contributed by atoms with Crippen molar-refractivity contribution in [1.29, 1.82) is 0 Å². The van der Waals surface area contributed by atoms with Gasteiger partial charge in [0.15, 0.2) is 0 Å². The maximum atomic E-state index is 11.5. The number of aryl methyl sites for hydroxylation is 1. The number of carbonyl (C=O) groups excluding carboxylic acids is 1. The number of aromatic nitrogens is 1. The number of thiazole rings is 1. The van der Waals surface area contributed by atoms with Crippen LogP contribution < -0.4 is 10.2 Å². The lowest BCUT2D eigenvalue weighted by Gasteiger charge is -2.20. The molecule has 1 rings (SSSR count). The molecule has 6 nitrogen and oxygen atoms in total. The molecule has 0 aliphatic rings. The van der Waals surface area contributed by atoms with Gasteiger partial charge in [0.25, 0.3) is 0 Å². The first-order valence-electron chi connectivity index (χ1n) is 6.10. The zero-order chi connectivity index (χ0) is 14.5. The Bertz CT molecular complexity index is 478. The molecule has 1 heterocycles. The molecule has 1 aromatic rings. The molecular formula is C12H20N2O4S. The van der Waals surface area contributed by atoms with Gasteiger partial charge in [-0.1, -0.05) is 11.3 Å². The van der Waals surface area contributed by atoms with E-state index >= 15 is 0 Å². The van der Waals surface area contributed by atoms with Crippen LogP contribution >= 0.6 is 11.3 Å². The highest BCUT2D eigenvalue weighted by Crippen LogP contribution is 2.03. The highest BCUT2D eigenvalue weighted by atomic mass is 32.1. The number of nitrogens with one attached hydrogen (secondary N) is 1. The standard InChI is InChI=1S/C12H20N2O4S/c1-9-6-19-11(17)14(9)5-3-4-10(16)13-7-12(2,18)8-15/h6,15,18H,3-5,7-8H2,1-2H3,(H,13,16). The summed E-state index contributed by atoms with van der Waals surface area (Å²) in [5, 5.41) is 22.7. The van der Waals surface area contributed by atoms with Crippen molar-refractivity contribution in [2.45, 2.75) is 38.8 Å². The second kappa shape index (κ2) is 6.83. The van der Waals surface area contributed by atoms with Gasteiger partial charge < -0.3 is 20.1 Å². The lowest BCUT2D eigenvalue weighted by molar-refractivity contribution is -0.122. The number of carbonyl (C=O) groups is 1. The SMILES string of the molecule is Cc1csc(=O)n1CCCC(=O)NCC(C)(O)CO. The Labute approximate surface area is 115 Å². The Kier molecular flexibility index (Phi) is 5.71. The third-order valence-electron chi connectivity index (χ3n) is 2.77. The van der Waals surface area contributed by atoms with Crippen LogP contribution in [0.15, 0.2) is 10.2 Å². The fraction of sp³-hybridized carbons (Fsp3) is 0.667. The zero-order valence-electron chi connectivity index (χ0n) is 11.2. The molecule has 0 aliphatic heterocycles. The van der Waals surface area contributed by atoms with Gasteiger partial charge in [0.1, 0.15) is 5.60 Å². The quantitative estimate of drug-likeness (QED) is 0.651. The van der Waals surface area contributed by atoms with Gasteiger partial charge in [-0.15, -0.1) is 0 Å². The van der Waals surface area contributed by atoms with Crippen molar-refractivity contribution in [2.75, 3.05) is 13.2 Å². The number of hydrogen-bond acceptors (Lipinski definition) is 5. The third-order valence-corrected chi connectivity index (χ3v) is 3.65. The summed E-state index contributed by atoms with van der Waals surface area (Å²) in [4.78, 5) is 22.9. The summed E-state index contributed by atoms with van der Waals surface area (Å²) in [7, 11) is 0. The predicted octanol–water partition coefficient (Wildman–Crippen LogP) is -0.142. The summed E-state index contributed by atoms with van der Waals surface area (Å²) in [5.74, 6) is -0.199. The van der Waals surface area contributed by atoms with Gasteiger partial charge in [-0.2, -0.15) is 0 Å². The molecule has 0 bridgehead atoms. The van der Waals surface area contributed by atoms with E-state index in [4.69, 9.17) is 5.11 Å². The maximum Gasteiger partial charge on any atom is 0.307 e. The molecule has 0 saturated heterocycles. The van der Waals surface area contributed by atoms with Crippen molar-refractivity contribution in [1.82, 2.24) is 9.88 Å². The number of nitrogens with zero attached hydrogens (tertiary/aromatic N) is 1. The second-order valence-corrected chi connectivity index (χ2v) is 5.65. The van der Waals surface area contributed by atoms with E-state index in [2.05, 4.69) is 5.32 Å². The van der Waals surface area contributed by atoms with E-state index in [9.17, 15) is 14.7 Å². The van der Waals surface area contributed by atoms with Crippen molar-refractivity contribution in [3.8, 4) is 0 Å². The largest absolute Gasteiger partial charge is 0.393 e. The van der Waals surface area contributed by atoms with Crippen LogP contribution in [-0.4, -0.2) is 39.4 Å². The van der Waals surface area contributed by atoms with E-state index in [-0.39, 0.29) is 23.7 Å². The number of rotatable bonds is 7. The minimum absolute atomic E-state index is 0.0128. The first-order chi connectivity index (χ1) is 8.85. The Balaban J connectivity index is 2.30. The molecular weight excluding hydrogens is 268 g/mol. The van der Waals surface area contributed by atoms with Gasteiger partial charge >= 0.3 is 4.87 Å². The number of amides is 1. The normalized spacial score (nSPS) is 14.1. The molecule has 0 saturated carbocycles. The minimum Gasteiger partial charge on any atom is -0.393 e. The van der Waals surface area contributed by atoms with Crippen molar-refractivity contribution in [3.63, 3.8) is 0 Å². The van der Waals surface area contributed by atoms with E-state index in [1.54, 1.807) is 9.95 Å². The summed E-state index contributed by atoms with van der Waals surface area (Å²) in [6, 6.07) is 0. The average Bonchev–Trinajstić information content (AvgIpc) is 2.68. The minimum atomic E-state index is -1.30. The molecule has 1 amide bonds. The van der Waals surface area contributed by atoms with E-state index < -0.39 is 12.2 Å². The Morgan fingerprint density at radius 2 is 2.26 bits per heavy atom. The van der Waals surface area contributed by atoms with Crippen LogP contribution in [0.3, 0.4) is 0 Å². The van der Waals surface area contributed by atoms with Crippen molar-refractivity contribution >= 4 is 17.2 Å². The molecule has 0 fully saturated rings. The van der Waals surface area contributed by atoms with Gasteiger partial charge in [0.2, 0.25) is 5.91 Å². The fourth-order valence-corrected chi connectivity index (χ4v) is 2.27. The number of aliphatic hydroxyl groups excluding tert-OH is 1. The summed E-state index contributed by atoms with van der Waals surface area (Å²) in [5.41, 5.74) is -0.394. The van der Waals surface area contributed by atoms with Crippen LogP contribution in [0.25, 0.3) is 0 Å². The Morgan fingerprint density at radius 3 is 2.79 bits per heavy atom. The number of aliphatic hydroxyl groups is 2. The van der Waals surface area contributed by atoms with Gasteiger partial charge in [-0.05, 0) is 20.3 Å². The van der Waals surface area contributed by atoms with Crippen LogP contribution in [0.1, 0.15) is 25.5 Å². The van der Waals surface area contributed by atoms with Crippen LogP contribution in [-0.2, 0) is 11.3 Å². The maximum absolute atomic E-state index is 11.5. The molecule has 108 valence electrons. The first kappa shape index (κ1) is 15.9. The van der Waals surface area contributed by atoms with Gasteiger partial charge in [-0.25, -0.2) is 0 Å². The molecule has 19 heavy (non-hydrogen) atoms. The monoisotopic (exact) mass is 288 g/mol. The van der Waals surface area contributed by atoms with E-state index in [0.717, 1.165) is 17.0 Å². The second-order valence-electron chi connectivity index (χ2n) is 4.83. The fourth-order valence-electron chi connectivity index (χ4n) is 1.51. The van der Waals surface area contributed by atoms with Gasteiger partial charge in [0, 0.05) is 30.6 Å². The van der Waals surface area contributed by atoms with Crippen molar-refractivity contribution in [3.05, 3.63) is 20.7 Å². The summed E-state index contributed by atoms with van der Waals surface area (Å²) in [6.07, 6.45) is 0.841. The molecule has 0 aliphatic carbocycles. The predicted molar refractivity (Wildman–Crippen MR) is 73.3 cm³/mol. The first-order valence-corrected chi connectivity index (χ1v) is 6.98. The molecule has 7 heteroatoms. The molecule has 0 spiro atoms. The molecule has 1 unspecified atom stereocenters. The van der Waals surface area contributed by atoms with E-state index in [0.29, 0.717) is 13.0 Å². The summed E-state index contributed by atoms with van der Waals surface area (Å²) >= 11 is 1.15. The highest BCUT2D eigenvalue weighted by molar-refractivity contribution is 7.07. The zero-order valence-corrected chi connectivity index (χ0v) is 12.0. The lowest BCUT2D eigenvalue weighted by atomic mass is 10.1. The van der Waals surface area contributed by atoms with E-state index in [1.165, 1.54) is 6.92 Å². The van der Waals surface area contributed by atoms with Crippen molar-refractivity contribution in [2.24, 2.45) is 0 Å². The average molecular weight is 288 g/mol. The van der Waals surface area contributed by atoms with Gasteiger partial charge in [0.05, 0.1) is 6.61 Å². The van der Waals surface area contributed by atoms with Crippen LogP contribution in [0.5, 0.6) is 0 Å². The van der Waals surface area contributed by atoms with Crippen LogP contribution in [0.4, 0.5) is 0 Å². The van der Waals surface area contributed by atoms with Crippen molar-refractivity contribution < 1.29 is 15.0 Å². The summed E-state index contributed by atoms with van der Waals surface area (Å²) < 4.78 is 1.64. The number of hydrogen-bond donors (Lipinski definition) is 3. The van der Waals surface area contributed by atoms with Crippen LogP contribution in [0.2, 0.25) is 0 Å². The molecule has 0 radical (unpaired) electrons. The van der Waals surface area contributed by atoms with Crippen LogP contribution in [0, 0.1) is 6.92 Å². The van der Waals surface area contributed by atoms with Gasteiger partial charge in [-0.3, -0.25) is 9.59 Å². The highest BCUT2D eigenvalue weighted by Gasteiger charge is 2.19. The molecule has 1 atom stereocenters. The summed E-state index contributed by atoms with van der Waals surface area (Å²) in [6.45, 7) is 3.42. The molecule has 3 N–H and O–H groups in total. The third kappa shape index (κ3) is 5.14. The van der Waals surface area contributed by atoms with E-state index in [1.807, 2.05) is 6.92 Å². The smallest absolute Gasteiger partial charge is 0.307 e. The molecule has 0 aromatic carbocycles. The Hall–Kier alpha value is -1.18. The topological polar surface area (TPSA) is 91.6 Å². The molecule has 1 aromatic heterocycles. The Morgan fingerprint density at radius 1 is 1.58 bits per heavy atom. The lowest BCUT2D eigenvalue weighted by Crippen LogP contribution is -2.43.